The Balaban J connectivity index is 1.57. The molecule has 1 aromatic heterocycles. The monoisotopic (exact) mass is 341 g/mol. The summed E-state index contributed by atoms with van der Waals surface area (Å²) in [6, 6.07) is 10.1. The highest BCUT2D eigenvalue weighted by Crippen LogP contribution is 2.10. The van der Waals surface area contributed by atoms with Crippen LogP contribution in [0.4, 0.5) is 0 Å². The molecule has 2 aromatic rings. The van der Waals surface area contributed by atoms with Gasteiger partial charge in [-0.15, -0.1) is 0 Å². The van der Waals surface area contributed by atoms with Gasteiger partial charge >= 0.3 is 0 Å². The molecule has 130 valence electrons. The average molecular weight is 341 g/mol. The molecule has 25 heavy (non-hydrogen) atoms. The van der Waals surface area contributed by atoms with E-state index in [0.717, 1.165) is 6.41 Å². The van der Waals surface area contributed by atoms with Gasteiger partial charge < -0.3 is 19.5 Å². The fourth-order valence-electron chi connectivity index (χ4n) is 2.66. The van der Waals surface area contributed by atoms with Crippen molar-refractivity contribution in [1.82, 2.24) is 15.1 Å². The van der Waals surface area contributed by atoms with Crippen LogP contribution in [0.3, 0.4) is 0 Å². The number of carbonyl (C=O) groups is 3. The lowest BCUT2D eigenvalue weighted by Gasteiger charge is -2.32. The van der Waals surface area contributed by atoms with Crippen molar-refractivity contribution in [2.75, 3.05) is 26.2 Å². The predicted octanol–water partition coefficient (Wildman–Crippen LogP) is 1.12. The molecule has 0 atom stereocenters. The number of rotatable bonds is 5. The van der Waals surface area contributed by atoms with Crippen LogP contribution < -0.4 is 5.32 Å². The highest BCUT2D eigenvalue weighted by atomic mass is 16.3. The molecule has 1 aromatic carbocycles. The largest absolute Gasteiger partial charge is 0.467 e. The molecule has 0 aliphatic carbocycles. The van der Waals surface area contributed by atoms with Gasteiger partial charge in [-0.1, -0.05) is 0 Å². The van der Waals surface area contributed by atoms with Crippen LogP contribution in [0.5, 0.6) is 0 Å². The smallest absolute Gasteiger partial charge is 0.253 e. The van der Waals surface area contributed by atoms with E-state index >= 15 is 0 Å². The number of furan rings is 1. The van der Waals surface area contributed by atoms with Crippen molar-refractivity contribution in [3.8, 4) is 0 Å². The molecule has 0 radical (unpaired) electrons. The maximum Gasteiger partial charge on any atom is 0.253 e. The number of piperazine rings is 1. The SMILES string of the molecule is O=CN1CCN(C(=O)c2ccc(C(=O)NCc3ccco3)cc2)CC1. The first-order chi connectivity index (χ1) is 12.2. The number of carbonyl (C=O) groups excluding carboxylic acids is 3. The Hall–Kier alpha value is -3.09. The number of benzene rings is 1. The summed E-state index contributed by atoms with van der Waals surface area (Å²) in [5, 5.41) is 2.76. The summed E-state index contributed by atoms with van der Waals surface area (Å²) >= 11 is 0. The van der Waals surface area contributed by atoms with Gasteiger partial charge in [-0.25, -0.2) is 0 Å². The Morgan fingerprint density at radius 2 is 1.72 bits per heavy atom. The van der Waals surface area contributed by atoms with Gasteiger partial charge in [0.05, 0.1) is 12.8 Å². The van der Waals surface area contributed by atoms with E-state index in [2.05, 4.69) is 5.32 Å². The predicted molar refractivity (Wildman–Crippen MR) is 89.9 cm³/mol. The zero-order valence-electron chi connectivity index (χ0n) is 13.7. The zero-order valence-corrected chi connectivity index (χ0v) is 13.7. The Kier molecular flexibility index (Phi) is 5.13. The molecule has 0 unspecified atom stereocenters. The summed E-state index contributed by atoms with van der Waals surface area (Å²) in [7, 11) is 0. The van der Waals surface area contributed by atoms with E-state index in [1.54, 1.807) is 52.5 Å². The normalized spacial score (nSPS) is 14.2. The van der Waals surface area contributed by atoms with E-state index in [1.165, 1.54) is 0 Å². The van der Waals surface area contributed by atoms with Gasteiger partial charge in [0.15, 0.2) is 0 Å². The molecule has 1 aliphatic rings. The van der Waals surface area contributed by atoms with Gasteiger partial charge in [0, 0.05) is 37.3 Å². The molecule has 1 saturated heterocycles. The van der Waals surface area contributed by atoms with E-state index in [1.807, 2.05) is 0 Å². The molecule has 7 heteroatoms. The third-order valence-corrected chi connectivity index (χ3v) is 4.15. The molecule has 1 N–H and O–H groups in total. The maximum absolute atomic E-state index is 12.5. The molecular weight excluding hydrogens is 322 g/mol. The third kappa shape index (κ3) is 4.06. The summed E-state index contributed by atoms with van der Waals surface area (Å²) in [5.41, 5.74) is 1.01. The van der Waals surface area contributed by atoms with Gasteiger partial charge in [0.2, 0.25) is 6.41 Å². The highest BCUT2D eigenvalue weighted by Gasteiger charge is 2.21. The first-order valence-electron chi connectivity index (χ1n) is 8.06. The minimum Gasteiger partial charge on any atom is -0.467 e. The fourth-order valence-corrected chi connectivity index (χ4v) is 2.66. The first kappa shape index (κ1) is 16.8. The van der Waals surface area contributed by atoms with Gasteiger partial charge in [0.25, 0.3) is 11.8 Å². The van der Waals surface area contributed by atoms with Crippen LogP contribution in [0.25, 0.3) is 0 Å². The molecule has 0 saturated carbocycles. The number of nitrogens with one attached hydrogen (secondary N) is 1. The summed E-state index contributed by atoms with van der Waals surface area (Å²) in [6.45, 7) is 2.43. The minimum atomic E-state index is -0.227. The van der Waals surface area contributed by atoms with E-state index in [4.69, 9.17) is 4.42 Å². The average Bonchev–Trinajstić information content (AvgIpc) is 3.19. The van der Waals surface area contributed by atoms with Crippen molar-refractivity contribution in [2.45, 2.75) is 6.54 Å². The van der Waals surface area contributed by atoms with Crippen molar-refractivity contribution in [2.24, 2.45) is 0 Å². The van der Waals surface area contributed by atoms with E-state index in [0.29, 0.717) is 49.6 Å². The second kappa shape index (κ2) is 7.65. The van der Waals surface area contributed by atoms with Crippen LogP contribution >= 0.6 is 0 Å². The second-order valence-electron chi connectivity index (χ2n) is 5.77. The number of hydrogen-bond acceptors (Lipinski definition) is 4. The Morgan fingerprint density at radius 1 is 1.04 bits per heavy atom. The van der Waals surface area contributed by atoms with Crippen molar-refractivity contribution < 1.29 is 18.8 Å². The van der Waals surface area contributed by atoms with Gasteiger partial charge in [-0.05, 0) is 36.4 Å². The first-order valence-corrected chi connectivity index (χ1v) is 8.06. The van der Waals surface area contributed by atoms with Crippen LogP contribution in [0.1, 0.15) is 26.5 Å². The molecule has 3 rings (SSSR count). The molecule has 1 aliphatic heterocycles. The number of amides is 3. The summed E-state index contributed by atoms with van der Waals surface area (Å²) < 4.78 is 5.16. The summed E-state index contributed by atoms with van der Waals surface area (Å²) in [4.78, 5) is 38.6. The van der Waals surface area contributed by atoms with Crippen LogP contribution in [-0.2, 0) is 11.3 Å². The molecule has 1 fully saturated rings. The van der Waals surface area contributed by atoms with Crippen LogP contribution in [0.2, 0.25) is 0 Å². The number of nitrogens with zero attached hydrogens (tertiary/aromatic N) is 2. The summed E-state index contributed by atoms with van der Waals surface area (Å²) in [6.07, 6.45) is 2.36. The lowest BCUT2D eigenvalue weighted by atomic mass is 10.1. The topological polar surface area (TPSA) is 82.9 Å². The van der Waals surface area contributed by atoms with Crippen LogP contribution in [0.15, 0.2) is 47.1 Å². The van der Waals surface area contributed by atoms with Crippen LogP contribution in [0, 0.1) is 0 Å². The quantitative estimate of drug-likeness (QED) is 0.826. The van der Waals surface area contributed by atoms with E-state index in [9.17, 15) is 14.4 Å². The van der Waals surface area contributed by atoms with Crippen LogP contribution in [-0.4, -0.2) is 54.2 Å². The molecule has 2 heterocycles. The lowest BCUT2D eigenvalue weighted by molar-refractivity contribution is -0.119. The fraction of sp³-hybridized carbons (Fsp3) is 0.278. The molecule has 7 nitrogen and oxygen atoms in total. The Morgan fingerprint density at radius 3 is 2.32 bits per heavy atom. The molecule has 0 bridgehead atoms. The Labute approximate surface area is 145 Å². The number of hydrogen-bond donors (Lipinski definition) is 1. The van der Waals surface area contributed by atoms with Gasteiger partial charge in [-0.3, -0.25) is 14.4 Å². The molecule has 0 spiro atoms. The summed E-state index contributed by atoms with van der Waals surface area (Å²) in [5.74, 6) is 0.359. The van der Waals surface area contributed by atoms with Crippen molar-refractivity contribution >= 4 is 18.2 Å². The Bertz CT molecular complexity index is 732. The van der Waals surface area contributed by atoms with Crippen molar-refractivity contribution in [3.63, 3.8) is 0 Å². The third-order valence-electron chi connectivity index (χ3n) is 4.15. The van der Waals surface area contributed by atoms with Crippen molar-refractivity contribution in [1.29, 1.82) is 0 Å². The van der Waals surface area contributed by atoms with E-state index in [-0.39, 0.29) is 11.8 Å². The second-order valence-corrected chi connectivity index (χ2v) is 5.77. The van der Waals surface area contributed by atoms with Gasteiger partial charge in [0.1, 0.15) is 5.76 Å². The zero-order chi connectivity index (χ0) is 17.6. The van der Waals surface area contributed by atoms with Gasteiger partial charge in [-0.2, -0.15) is 0 Å². The lowest BCUT2D eigenvalue weighted by Crippen LogP contribution is -2.48. The molecular formula is C18H19N3O4. The van der Waals surface area contributed by atoms with E-state index < -0.39 is 0 Å². The maximum atomic E-state index is 12.5. The molecule has 3 amide bonds. The van der Waals surface area contributed by atoms with Crippen molar-refractivity contribution in [3.05, 3.63) is 59.5 Å². The standard InChI is InChI=1S/C18H19N3O4/c22-13-20-7-9-21(10-8-20)18(24)15-5-3-14(4-6-15)17(23)19-12-16-2-1-11-25-16/h1-6,11,13H,7-10,12H2,(H,19,23). The highest BCUT2D eigenvalue weighted by molar-refractivity contribution is 5.97. The minimum absolute atomic E-state index is 0.0897.